The lowest BCUT2D eigenvalue weighted by molar-refractivity contribution is -0.123. The summed E-state index contributed by atoms with van der Waals surface area (Å²) in [5.74, 6) is 0.684. The molecule has 134 valence electrons. The molecule has 2 aromatic heterocycles. The number of piperidine rings is 1. The topological polar surface area (TPSA) is 67.4 Å². The number of carbonyl (C=O) groups excluding carboxylic acids is 1. The predicted octanol–water partition coefficient (Wildman–Crippen LogP) is 2.59. The van der Waals surface area contributed by atoms with Gasteiger partial charge in [-0.15, -0.1) is 0 Å². The molecule has 0 aromatic carbocycles. The Morgan fingerprint density at radius 2 is 2.08 bits per heavy atom. The van der Waals surface area contributed by atoms with E-state index in [-0.39, 0.29) is 5.91 Å². The van der Waals surface area contributed by atoms with Crippen LogP contribution in [0, 0.1) is 5.92 Å². The summed E-state index contributed by atoms with van der Waals surface area (Å²) in [7, 11) is 0. The highest BCUT2D eigenvalue weighted by Crippen LogP contribution is 2.31. The number of hydrogen-bond donors (Lipinski definition) is 1. The number of fused-ring (bicyclic) bond motifs is 1. The van der Waals surface area contributed by atoms with Crippen molar-refractivity contribution in [1.29, 1.82) is 0 Å². The van der Waals surface area contributed by atoms with Crippen LogP contribution in [0.15, 0.2) is 18.5 Å². The molecule has 0 atom stereocenters. The van der Waals surface area contributed by atoms with E-state index in [1.54, 1.807) is 11.3 Å². The van der Waals surface area contributed by atoms with Gasteiger partial charge in [0.15, 0.2) is 5.13 Å². The van der Waals surface area contributed by atoms with Gasteiger partial charge in [0, 0.05) is 45.0 Å². The second-order valence-corrected chi connectivity index (χ2v) is 7.94. The Hall–Kier alpha value is -1.73. The van der Waals surface area contributed by atoms with Gasteiger partial charge in [0.25, 0.3) is 0 Å². The first-order valence-electron chi connectivity index (χ1n) is 9.10. The molecule has 4 heterocycles. The van der Waals surface area contributed by atoms with Crippen LogP contribution in [-0.2, 0) is 9.53 Å². The van der Waals surface area contributed by atoms with Crippen LogP contribution < -0.4 is 10.2 Å². The van der Waals surface area contributed by atoms with Crippen LogP contribution in [0.4, 0.5) is 5.13 Å². The lowest BCUT2D eigenvalue weighted by Gasteiger charge is -2.32. The summed E-state index contributed by atoms with van der Waals surface area (Å²) in [4.78, 5) is 23.4. The molecule has 0 aliphatic carbocycles. The number of ether oxygens (including phenoxy) is 1. The standard InChI is InChI=1S/C18H24N4O2S/c23-17(20-14-4-9-24-10-5-14)11-13-2-7-22(8-3-13)18-21-15-12-19-6-1-16(15)25-18/h1,6,12-14H,2-5,7-11H2,(H,20,23). The van der Waals surface area contributed by atoms with E-state index in [4.69, 9.17) is 9.72 Å². The van der Waals surface area contributed by atoms with Crippen LogP contribution in [0.1, 0.15) is 32.1 Å². The number of amides is 1. The molecule has 2 fully saturated rings. The van der Waals surface area contributed by atoms with Crippen LogP contribution in [0.25, 0.3) is 10.2 Å². The van der Waals surface area contributed by atoms with Crippen molar-refractivity contribution in [3.05, 3.63) is 18.5 Å². The van der Waals surface area contributed by atoms with Gasteiger partial charge in [-0.25, -0.2) is 4.98 Å². The molecule has 25 heavy (non-hydrogen) atoms. The number of nitrogens with one attached hydrogen (secondary N) is 1. The number of hydrogen-bond acceptors (Lipinski definition) is 6. The van der Waals surface area contributed by atoms with Crippen molar-refractivity contribution in [2.45, 2.75) is 38.1 Å². The van der Waals surface area contributed by atoms with Gasteiger partial charge >= 0.3 is 0 Å². The van der Waals surface area contributed by atoms with Crippen LogP contribution in [0.3, 0.4) is 0 Å². The van der Waals surface area contributed by atoms with Gasteiger partial charge in [-0.3, -0.25) is 9.78 Å². The third kappa shape index (κ3) is 4.10. The maximum Gasteiger partial charge on any atom is 0.220 e. The summed E-state index contributed by atoms with van der Waals surface area (Å²) in [5, 5.41) is 4.25. The van der Waals surface area contributed by atoms with Crippen molar-refractivity contribution in [3.63, 3.8) is 0 Å². The van der Waals surface area contributed by atoms with Crippen LogP contribution in [-0.4, -0.2) is 48.2 Å². The quantitative estimate of drug-likeness (QED) is 0.908. The van der Waals surface area contributed by atoms with Crippen LogP contribution in [0.5, 0.6) is 0 Å². The summed E-state index contributed by atoms with van der Waals surface area (Å²) in [6, 6.07) is 2.32. The number of nitrogens with zero attached hydrogens (tertiary/aromatic N) is 3. The molecule has 0 radical (unpaired) electrons. The Labute approximate surface area is 151 Å². The largest absolute Gasteiger partial charge is 0.381 e. The summed E-state index contributed by atoms with van der Waals surface area (Å²) in [6.07, 6.45) is 8.27. The van der Waals surface area contributed by atoms with Crippen molar-refractivity contribution in [2.75, 3.05) is 31.2 Å². The first-order chi connectivity index (χ1) is 12.3. The van der Waals surface area contributed by atoms with Crippen LogP contribution in [0.2, 0.25) is 0 Å². The van der Waals surface area contributed by atoms with E-state index < -0.39 is 0 Å². The van der Waals surface area contributed by atoms with Crippen molar-refractivity contribution < 1.29 is 9.53 Å². The lowest BCUT2D eigenvalue weighted by Crippen LogP contribution is -2.41. The fourth-order valence-corrected chi connectivity index (χ4v) is 4.61. The Morgan fingerprint density at radius 3 is 2.84 bits per heavy atom. The molecule has 1 N–H and O–H groups in total. The van der Waals surface area contributed by atoms with Gasteiger partial charge in [0.2, 0.25) is 5.91 Å². The van der Waals surface area contributed by atoms with Crippen molar-refractivity contribution in [2.24, 2.45) is 5.92 Å². The van der Waals surface area contributed by atoms with Gasteiger partial charge in [-0.05, 0) is 37.7 Å². The molecule has 2 aromatic rings. The summed E-state index contributed by atoms with van der Waals surface area (Å²) in [6.45, 7) is 3.48. The van der Waals surface area contributed by atoms with Gasteiger partial charge in [-0.1, -0.05) is 11.3 Å². The Morgan fingerprint density at radius 1 is 1.28 bits per heavy atom. The normalized spacial score (nSPS) is 20.1. The van der Waals surface area contributed by atoms with Crippen LogP contribution >= 0.6 is 11.3 Å². The SMILES string of the molecule is O=C(CC1CCN(c2nc3cnccc3s2)CC1)NC1CCOCC1. The zero-order valence-corrected chi connectivity index (χ0v) is 15.1. The molecule has 0 unspecified atom stereocenters. The predicted molar refractivity (Wildman–Crippen MR) is 99.0 cm³/mol. The first-order valence-corrected chi connectivity index (χ1v) is 9.92. The van der Waals surface area contributed by atoms with E-state index in [0.717, 1.165) is 62.6 Å². The van der Waals surface area contributed by atoms with E-state index in [0.29, 0.717) is 18.4 Å². The number of anilines is 1. The van der Waals surface area contributed by atoms with E-state index in [1.807, 2.05) is 18.5 Å². The molecular formula is C18H24N4O2S. The Kier molecular flexibility index (Phi) is 5.12. The van der Waals surface area contributed by atoms with Gasteiger partial charge < -0.3 is 15.0 Å². The van der Waals surface area contributed by atoms with E-state index >= 15 is 0 Å². The fourth-order valence-electron chi connectivity index (χ4n) is 3.62. The lowest BCUT2D eigenvalue weighted by atomic mass is 9.93. The molecular weight excluding hydrogens is 336 g/mol. The molecule has 0 saturated carbocycles. The maximum absolute atomic E-state index is 12.3. The first kappa shape index (κ1) is 16.7. The minimum absolute atomic E-state index is 0.205. The highest BCUT2D eigenvalue weighted by atomic mass is 32.1. The van der Waals surface area contributed by atoms with Gasteiger partial charge in [0.1, 0.15) is 5.52 Å². The number of pyridine rings is 1. The number of rotatable bonds is 4. The van der Waals surface area contributed by atoms with E-state index in [1.165, 1.54) is 4.70 Å². The highest BCUT2D eigenvalue weighted by molar-refractivity contribution is 7.22. The zero-order chi connectivity index (χ0) is 17.1. The number of thiazole rings is 1. The maximum atomic E-state index is 12.3. The van der Waals surface area contributed by atoms with Gasteiger partial charge in [-0.2, -0.15) is 0 Å². The van der Waals surface area contributed by atoms with E-state index in [2.05, 4.69) is 15.2 Å². The minimum atomic E-state index is 0.205. The second-order valence-electron chi connectivity index (χ2n) is 6.93. The van der Waals surface area contributed by atoms with Crippen molar-refractivity contribution >= 4 is 32.6 Å². The molecule has 4 rings (SSSR count). The third-order valence-corrected chi connectivity index (χ3v) is 6.22. The monoisotopic (exact) mass is 360 g/mol. The number of aromatic nitrogens is 2. The number of carbonyl (C=O) groups is 1. The zero-order valence-electron chi connectivity index (χ0n) is 14.3. The smallest absolute Gasteiger partial charge is 0.220 e. The fraction of sp³-hybridized carbons (Fsp3) is 0.611. The minimum Gasteiger partial charge on any atom is -0.381 e. The average Bonchev–Trinajstić information content (AvgIpc) is 3.07. The Balaban J connectivity index is 1.27. The molecule has 1 amide bonds. The molecule has 7 heteroatoms. The third-order valence-electron chi connectivity index (χ3n) is 5.12. The molecule has 2 aliphatic rings. The molecule has 0 bridgehead atoms. The summed E-state index contributed by atoms with van der Waals surface area (Å²) >= 11 is 1.73. The van der Waals surface area contributed by atoms with Gasteiger partial charge in [0.05, 0.1) is 10.9 Å². The van der Waals surface area contributed by atoms with Crippen molar-refractivity contribution in [3.8, 4) is 0 Å². The van der Waals surface area contributed by atoms with Crippen molar-refractivity contribution in [1.82, 2.24) is 15.3 Å². The molecule has 2 aliphatic heterocycles. The molecule has 0 spiro atoms. The summed E-state index contributed by atoms with van der Waals surface area (Å²) in [5.41, 5.74) is 0.973. The highest BCUT2D eigenvalue weighted by Gasteiger charge is 2.24. The summed E-state index contributed by atoms with van der Waals surface area (Å²) < 4.78 is 6.52. The molecule has 6 nitrogen and oxygen atoms in total. The molecule has 2 saturated heterocycles. The Bertz CT molecular complexity index is 688. The van der Waals surface area contributed by atoms with E-state index in [9.17, 15) is 4.79 Å². The second kappa shape index (κ2) is 7.66. The average molecular weight is 360 g/mol.